The van der Waals surface area contributed by atoms with Gasteiger partial charge in [-0.1, -0.05) is 18.2 Å². The van der Waals surface area contributed by atoms with Crippen molar-refractivity contribution in [3.8, 4) is 5.75 Å². The van der Waals surface area contributed by atoms with Crippen LogP contribution in [0.5, 0.6) is 5.75 Å². The lowest BCUT2D eigenvalue weighted by Gasteiger charge is -1.82. The van der Waals surface area contributed by atoms with Crippen LogP contribution in [-0.4, -0.2) is 33.3 Å². The fourth-order valence-electron chi connectivity index (χ4n) is 0.633. The van der Waals surface area contributed by atoms with Crippen molar-refractivity contribution in [2.45, 2.75) is 0 Å². The van der Waals surface area contributed by atoms with E-state index < -0.39 is 6.03 Å². The molecule has 102 valence electrons. The molecule has 0 radical (unpaired) electrons. The van der Waals surface area contributed by atoms with Gasteiger partial charge in [0, 0.05) is 0 Å². The molecule has 0 spiro atoms. The van der Waals surface area contributed by atoms with Crippen LogP contribution in [0.2, 0.25) is 0 Å². The molecule has 0 aliphatic carbocycles. The number of urea groups is 1. The second-order valence-electron chi connectivity index (χ2n) is 2.55. The van der Waals surface area contributed by atoms with Crippen molar-refractivity contribution in [1.82, 2.24) is 15.4 Å². The first kappa shape index (κ1) is 18.3. The lowest BCUT2D eigenvalue weighted by molar-refractivity contribution is -0.0979. The number of hydrogen-bond acceptors (Lipinski definition) is 6. The minimum atomic E-state index is -0.833. The van der Waals surface area contributed by atoms with Gasteiger partial charge in [-0.25, -0.2) is 4.79 Å². The van der Waals surface area contributed by atoms with Crippen LogP contribution in [0.1, 0.15) is 0 Å². The third-order valence-electron chi connectivity index (χ3n) is 1.16. The molecule has 0 saturated heterocycles. The van der Waals surface area contributed by atoms with E-state index in [2.05, 4.69) is 26.9 Å². The molecule has 0 atom stereocenters. The van der Waals surface area contributed by atoms with E-state index >= 15 is 0 Å². The van der Waals surface area contributed by atoms with Crippen LogP contribution in [0.15, 0.2) is 48.8 Å². The van der Waals surface area contributed by atoms with E-state index in [9.17, 15) is 0 Å². The number of para-hydroxylation sites is 1. The number of aromatic nitrogens is 3. The van der Waals surface area contributed by atoms with Crippen molar-refractivity contribution in [1.29, 1.82) is 0 Å². The normalized spacial score (nSPS) is 7.16. The zero-order chi connectivity index (χ0) is 14.9. The van der Waals surface area contributed by atoms with E-state index in [0.29, 0.717) is 5.75 Å². The van der Waals surface area contributed by atoms with Crippen molar-refractivity contribution < 1.29 is 14.7 Å². The van der Waals surface area contributed by atoms with Crippen molar-refractivity contribution in [2.24, 2.45) is 11.5 Å². The summed E-state index contributed by atoms with van der Waals surface area (Å²) in [6.45, 7) is 2.00. The summed E-state index contributed by atoms with van der Waals surface area (Å²) in [4.78, 5) is 17.0. The number of carbonyl (C=O) groups excluding carboxylic acids is 2. The van der Waals surface area contributed by atoms with E-state index in [4.69, 9.17) is 14.7 Å². The summed E-state index contributed by atoms with van der Waals surface area (Å²) < 4.78 is 0. The molecule has 1 heterocycles. The number of amides is 2. The zero-order valence-corrected chi connectivity index (χ0v) is 10.1. The Morgan fingerprint density at radius 1 is 1.00 bits per heavy atom. The molecule has 8 heteroatoms. The highest BCUT2D eigenvalue weighted by atomic mass is 16.3. The summed E-state index contributed by atoms with van der Waals surface area (Å²) in [6.07, 6.45) is 3.15. The smallest absolute Gasteiger partial charge is 0.309 e. The van der Waals surface area contributed by atoms with Crippen LogP contribution in [0.4, 0.5) is 4.79 Å². The SMILES string of the molecule is C=O.NC(N)=O.Oc1ccccc1.c1cnnnc1. The van der Waals surface area contributed by atoms with Gasteiger partial charge in [-0.15, -0.1) is 10.2 Å². The molecule has 8 nitrogen and oxygen atoms in total. The van der Waals surface area contributed by atoms with Crippen LogP contribution in [0.25, 0.3) is 0 Å². The second-order valence-corrected chi connectivity index (χ2v) is 2.55. The van der Waals surface area contributed by atoms with Gasteiger partial charge in [0.15, 0.2) is 0 Å². The van der Waals surface area contributed by atoms with Gasteiger partial charge >= 0.3 is 6.03 Å². The van der Waals surface area contributed by atoms with Crippen molar-refractivity contribution in [3.05, 3.63) is 48.8 Å². The van der Waals surface area contributed by atoms with Gasteiger partial charge in [0.2, 0.25) is 0 Å². The van der Waals surface area contributed by atoms with E-state index in [1.54, 1.807) is 42.7 Å². The maximum atomic E-state index is 9.00. The average Bonchev–Trinajstić information content (AvgIpc) is 2.44. The molecule has 0 saturated carbocycles. The van der Waals surface area contributed by atoms with Gasteiger partial charge in [0.1, 0.15) is 12.5 Å². The van der Waals surface area contributed by atoms with Gasteiger partial charge in [0.25, 0.3) is 0 Å². The third kappa shape index (κ3) is 20.9. The number of phenols is 1. The van der Waals surface area contributed by atoms with Crippen LogP contribution in [0, 0.1) is 0 Å². The number of carbonyl (C=O) groups is 2. The summed E-state index contributed by atoms with van der Waals surface area (Å²) in [6, 6.07) is 9.59. The van der Waals surface area contributed by atoms with Crippen molar-refractivity contribution >= 4 is 12.8 Å². The van der Waals surface area contributed by atoms with Gasteiger partial charge in [-0.05, 0) is 23.4 Å². The Bertz CT molecular complexity index is 382. The number of rotatable bonds is 0. The molecule has 0 bridgehead atoms. The zero-order valence-electron chi connectivity index (χ0n) is 10.1. The molecular weight excluding hydrogens is 250 g/mol. The third-order valence-corrected chi connectivity index (χ3v) is 1.16. The highest BCUT2D eigenvalue weighted by Gasteiger charge is 1.74. The average molecular weight is 265 g/mol. The van der Waals surface area contributed by atoms with Crippen LogP contribution >= 0.6 is 0 Å². The van der Waals surface area contributed by atoms with Gasteiger partial charge in [0.05, 0.1) is 12.4 Å². The Balaban J connectivity index is 0. The largest absolute Gasteiger partial charge is 0.508 e. The molecule has 0 unspecified atom stereocenters. The van der Waals surface area contributed by atoms with Crippen molar-refractivity contribution in [2.75, 3.05) is 0 Å². The highest BCUT2D eigenvalue weighted by Crippen LogP contribution is 2.02. The Morgan fingerprint density at radius 2 is 1.42 bits per heavy atom. The Labute approximate surface area is 110 Å². The first-order valence-corrected chi connectivity index (χ1v) is 4.79. The first-order chi connectivity index (χ1) is 9.13. The number of hydrogen-bond donors (Lipinski definition) is 3. The number of phenolic OH excluding ortho intramolecular Hbond substituents is 1. The molecule has 19 heavy (non-hydrogen) atoms. The fraction of sp³-hybridized carbons (Fsp3) is 0. The molecule has 5 N–H and O–H groups in total. The van der Waals surface area contributed by atoms with Gasteiger partial charge in [-0.3, -0.25) is 0 Å². The lowest BCUT2D eigenvalue weighted by atomic mass is 10.3. The standard InChI is InChI=1S/C6H6O.C3H3N3.CH4N2O.CH2O/c7-6-4-2-1-3-5-6;1-2-4-6-5-3-1;2-1(3)4;1-2/h1-5,7H;1-3H;(H4,2,3,4);1H2. The second kappa shape index (κ2) is 15.0. The summed E-state index contributed by atoms with van der Waals surface area (Å²) in [7, 11) is 0. The number of nitrogens with zero attached hydrogens (tertiary/aromatic N) is 3. The molecule has 1 aromatic heterocycles. The number of aromatic hydroxyl groups is 1. The summed E-state index contributed by atoms with van der Waals surface area (Å²) in [5, 5.41) is 18.8. The molecular formula is C11H15N5O3. The highest BCUT2D eigenvalue weighted by molar-refractivity contribution is 5.69. The Hall–Kier alpha value is -3.03. The molecule has 0 fully saturated rings. The van der Waals surface area contributed by atoms with Gasteiger partial charge < -0.3 is 21.4 Å². The number of benzene rings is 1. The van der Waals surface area contributed by atoms with Crippen LogP contribution < -0.4 is 11.5 Å². The minimum absolute atomic E-state index is 0.322. The first-order valence-electron chi connectivity index (χ1n) is 4.79. The molecule has 1 aromatic carbocycles. The number of nitrogens with two attached hydrogens (primary N) is 2. The van der Waals surface area contributed by atoms with Gasteiger partial charge in [-0.2, -0.15) is 0 Å². The van der Waals surface area contributed by atoms with Crippen molar-refractivity contribution in [3.63, 3.8) is 0 Å². The van der Waals surface area contributed by atoms with E-state index in [-0.39, 0.29) is 0 Å². The predicted molar refractivity (Wildman–Crippen MR) is 68.8 cm³/mol. The van der Waals surface area contributed by atoms with Crippen LogP contribution in [-0.2, 0) is 4.79 Å². The lowest BCUT2D eigenvalue weighted by Crippen LogP contribution is -2.18. The molecule has 2 aromatic rings. The van der Waals surface area contributed by atoms with E-state index in [0.717, 1.165) is 0 Å². The molecule has 0 aliphatic rings. The monoisotopic (exact) mass is 265 g/mol. The summed E-state index contributed by atoms with van der Waals surface area (Å²) in [5.74, 6) is 0.322. The van der Waals surface area contributed by atoms with Crippen LogP contribution in [0.3, 0.4) is 0 Å². The molecule has 0 aliphatic heterocycles. The Kier molecular flexibility index (Phi) is 14.4. The quantitative estimate of drug-likeness (QED) is 0.616. The summed E-state index contributed by atoms with van der Waals surface area (Å²) in [5.41, 5.74) is 8.50. The maximum absolute atomic E-state index is 9.00. The maximum Gasteiger partial charge on any atom is 0.309 e. The minimum Gasteiger partial charge on any atom is -0.508 e. The van der Waals surface area contributed by atoms with E-state index in [1.807, 2.05) is 12.9 Å². The Morgan fingerprint density at radius 3 is 1.58 bits per heavy atom. The fourth-order valence-corrected chi connectivity index (χ4v) is 0.633. The summed E-state index contributed by atoms with van der Waals surface area (Å²) >= 11 is 0. The molecule has 2 rings (SSSR count). The number of primary amides is 2. The van der Waals surface area contributed by atoms with E-state index in [1.165, 1.54) is 0 Å². The topological polar surface area (TPSA) is 145 Å². The molecule has 2 amide bonds. The predicted octanol–water partition coefficient (Wildman–Crippen LogP) is 0.103.